The first kappa shape index (κ1) is 11.5. The van der Waals surface area contributed by atoms with Crippen LogP contribution >= 0.6 is 0 Å². The molecule has 0 aliphatic rings. The molecule has 0 atom stereocenters. The molecule has 0 saturated heterocycles. The highest BCUT2D eigenvalue weighted by molar-refractivity contribution is 5.69. The Hall–Kier alpha value is -1.56. The minimum atomic E-state index is -0.325. The van der Waals surface area contributed by atoms with Gasteiger partial charge in [-0.1, -0.05) is 0 Å². The molecule has 0 bridgehead atoms. The van der Waals surface area contributed by atoms with Crippen molar-refractivity contribution in [1.82, 2.24) is 9.78 Å². The van der Waals surface area contributed by atoms with E-state index < -0.39 is 0 Å². The van der Waals surface area contributed by atoms with Gasteiger partial charge in [0, 0.05) is 26.3 Å². The van der Waals surface area contributed by atoms with Crippen molar-refractivity contribution < 1.29 is 14.3 Å². The molecule has 1 aromatic rings. The van der Waals surface area contributed by atoms with E-state index in [1.807, 2.05) is 0 Å². The van der Waals surface area contributed by atoms with Gasteiger partial charge in [-0.2, -0.15) is 5.10 Å². The van der Waals surface area contributed by atoms with Crippen molar-refractivity contribution in [2.75, 3.05) is 26.1 Å². The summed E-state index contributed by atoms with van der Waals surface area (Å²) in [5.41, 5.74) is 5.97. The highest BCUT2D eigenvalue weighted by atomic mass is 16.5. The first-order chi connectivity index (χ1) is 7.22. The summed E-state index contributed by atoms with van der Waals surface area (Å²) in [5, 5.41) is 3.87. The summed E-state index contributed by atoms with van der Waals surface area (Å²) in [4.78, 5) is 11.2. The number of aromatic nitrogens is 2. The van der Waals surface area contributed by atoms with Gasteiger partial charge in [0.2, 0.25) is 0 Å². The predicted molar refractivity (Wildman–Crippen MR) is 54.1 cm³/mol. The minimum absolute atomic E-state index is 0.0875. The normalized spacial score (nSPS) is 10.2. The van der Waals surface area contributed by atoms with Crippen molar-refractivity contribution >= 4 is 11.7 Å². The van der Waals surface area contributed by atoms with E-state index in [0.717, 1.165) is 0 Å². The molecule has 1 heterocycles. The highest BCUT2D eigenvalue weighted by Crippen LogP contribution is 1.98. The van der Waals surface area contributed by atoms with Gasteiger partial charge in [0.05, 0.1) is 18.5 Å². The van der Waals surface area contributed by atoms with Crippen LogP contribution in [0.5, 0.6) is 0 Å². The number of hydrogen-bond acceptors (Lipinski definition) is 5. The summed E-state index contributed by atoms with van der Waals surface area (Å²) in [7, 11) is 1.61. The monoisotopic (exact) mass is 213 g/mol. The number of nitrogens with zero attached hydrogens (tertiary/aromatic N) is 2. The number of carbonyl (C=O) groups excluding carboxylic acids is 1. The lowest BCUT2D eigenvalue weighted by Gasteiger charge is -2.04. The standard InChI is InChI=1S/C9H15N3O3/c1-14-3-2-4-15-9(13)7-12-6-8(10)5-11-12/h5-6H,2-4,7,10H2,1H3. The van der Waals surface area contributed by atoms with Crippen LogP contribution in [0.25, 0.3) is 0 Å². The first-order valence-corrected chi connectivity index (χ1v) is 4.65. The van der Waals surface area contributed by atoms with E-state index in [1.165, 1.54) is 10.9 Å². The molecule has 2 N–H and O–H groups in total. The van der Waals surface area contributed by atoms with Crippen LogP contribution in [0, 0.1) is 0 Å². The van der Waals surface area contributed by atoms with E-state index in [-0.39, 0.29) is 12.5 Å². The summed E-state index contributed by atoms with van der Waals surface area (Å²) < 4.78 is 11.2. The Morgan fingerprint density at radius 2 is 2.40 bits per heavy atom. The van der Waals surface area contributed by atoms with E-state index in [2.05, 4.69) is 5.10 Å². The molecular formula is C9H15N3O3. The molecule has 0 spiro atoms. The summed E-state index contributed by atoms with van der Waals surface area (Å²) >= 11 is 0. The molecular weight excluding hydrogens is 198 g/mol. The van der Waals surface area contributed by atoms with Gasteiger partial charge in [-0.25, -0.2) is 0 Å². The number of ether oxygens (including phenoxy) is 2. The second-order valence-electron chi connectivity index (χ2n) is 3.04. The molecule has 15 heavy (non-hydrogen) atoms. The van der Waals surface area contributed by atoms with Gasteiger partial charge >= 0.3 is 5.97 Å². The maximum absolute atomic E-state index is 11.2. The average Bonchev–Trinajstić information content (AvgIpc) is 2.59. The molecule has 1 rings (SSSR count). The second-order valence-corrected chi connectivity index (χ2v) is 3.04. The van der Waals surface area contributed by atoms with Crippen LogP contribution in [0.2, 0.25) is 0 Å². The Morgan fingerprint density at radius 1 is 1.60 bits per heavy atom. The second kappa shape index (κ2) is 6.02. The number of carbonyl (C=O) groups is 1. The molecule has 0 amide bonds. The largest absolute Gasteiger partial charge is 0.464 e. The summed E-state index contributed by atoms with van der Waals surface area (Å²) in [6, 6.07) is 0. The third-order valence-corrected chi connectivity index (χ3v) is 1.70. The fourth-order valence-electron chi connectivity index (χ4n) is 1.03. The van der Waals surface area contributed by atoms with E-state index >= 15 is 0 Å². The molecule has 0 aromatic carbocycles. The van der Waals surface area contributed by atoms with Crippen LogP contribution in [0.1, 0.15) is 6.42 Å². The van der Waals surface area contributed by atoms with Crippen molar-refractivity contribution in [2.45, 2.75) is 13.0 Å². The predicted octanol–water partition coefficient (Wildman–Crippen LogP) is 0.0450. The Morgan fingerprint density at radius 3 is 3.00 bits per heavy atom. The van der Waals surface area contributed by atoms with Crippen LogP contribution in [0.3, 0.4) is 0 Å². The molecule has 6 heteroatoms. The number of hydrogen-bond donors (Lipinski definition) is 1. The number of nitrogen functional groups attached to an aromatic ring is 1. The maximum atomic E-state index is 11.2. The zero-order valence-electron chi connectivity index (χ0n) is 8.68. The molecule has 1 aromatic heterocycles. The Kier molecular flexibility index (Phi) is 4.62. The Bertz CT molecular complexity index is 311. The van der Waals surface area contributed by atoms with Gasteiger partial charge in [-0.3, -0.25) is 9.48 Å². The molecule has 0 radical (unpaired) electrons. The van der Waals surface area contributed by atoms with Gasteiger partial charge in [-0.15, -0.1) is 0 Å². The van der Waals surface area contributed by atoms with Crippen LogP contribution in [-0.2, 0) is 20.8 Å². The third kappa shape index (κ3) is 4.46. The zero-order valence-corrected chi connectivity index (χ0v) is 8.68. The highest BCUT2D eigenvalue weighted by Gasteiger charge is 2.04. The lowest BCUT2D eigenvalue weighted by atomic mass is 10.5. The number of nitrogens with two attached hydrogens (primary N) is 1. The van der Waals surface area contributed by atoms with Gasteiger partial charge in [0.1, 0.15) is 6.54 Å². The van der Waals surface area contributed by atoms with E-state index in [4.69, 9.17) is 15.2 Å². The molecule has 0 aliphatic heterocycles. The Balaban J connectivity index is 2.18. The van der Waals surface area contributed by atoms with Crippen molar-refractivity contribution in [3.8, 4) is 0 Å². The number of methoxy groups -OCH3 is 1. The number of rotatable bonds is 6. The van der Waals surface area contributed by atoms with Crippen LogP contribution in [0.4, 0.5) is 5.69 Å². The van der Waals surface area contributed by atoms with E-state index in [0.29, 0.717) is 25.3 Å². The fraction of sp³-hybridized carbons (Fsp3) is 0.556. The molecule has 6 nitrogen and oxygen atoms in total. The summed E-state index contributed by atoms with van der Waals surface area (Å²) in [5.74, 6) is -0.325. The van der Waals surface area contributed by atoms with Crippen LogP contribution in [-0.4, -0.2) is 36.1 Å². The quantitative estimate of drug-likeness (QED) is 0.533. The third-order valence-electron chi connectivity index (χ3n) is 1.70. The fourth-order valence-corrected chi connectivity index (χ4v) is 1.03. The summed E-state index contributed by atoms with van der Waals surface area (Å²) in [6.07, 6.45) is 3.76. The molecule has 0 fully saturated rings. The molecule has 84 valence electrons. The van der Waals surface area contributed by atoms with Gasteiger partial charge in [0.15, 0.2) is 0 Å². The smallest absolute Gasteiger partial charge is 0.327 e. The lowest BCUT2D eigenvalue weighted by molar-refractivity contribution is -0.144. The topological polar surface area (TPSA) is 79.4 Å². The first-order valence-electron chi connectivity index (χ1n) is 4.65. The van der Waals surface area contributed by atoms with Crippen molar-refractivity contribution in [3.05, 3.63) is 12.4 Å². The number of esters is 1. The van der Waals surface area contributed by atoms with Gasteiger partial charge in [0.25, 0.3) is 0 Å². The van der Waals surface area contributed by atoms with Gasteiger partial charge < -0.3 is 15.2 Å². The summed E-state index contributed by atoms with van der Waals surface area (Å²) in [6.45, 7) is 1.04. The van der Waals surface area contributed by atoms with Crippen molar-refractivity contribution in [1.29, 1.82) is 0 Å². The lowest BCUT2D eigenvalue weighted by Crippen LogP contribution is -2.15. The Labute approximate surface area is 88.0 Å². The SMILES string of the molecule is COCCCOC(=O)Cn1cc(N)cn1. The molecule has 0 unspecified atom stereocenters. The molecule has 0 aliphatic carbocycles. The van der Waals surface area contributed by atoms with Crippen molar-refractivity contribution in [3.63, 3.8) is 0 Å². The zero-order chi connectivity index (χ0) is 11.1. The van der Waals surface area contributed by atoms with Gasteiger partial charge in [-0.05, 0) is 0 Å². The number of anilines is 1. The molecule has 0 saturated carbocycles. The maximum Gasteiger partial charge on any atom is 0.327 e. The van der Waals surface area contributed by atoms with Crippen LogP contribution < -0.4 is 5.73 Å². The van der Waals surface area contributed by atoms with E-state index in [9.17, 15) is 4.79 Å². The van der Waals surface area contributed by atoms with Crippen molar-refractivity contribution in [2.24, 2.45) is 0 Å². The minimum Gasteiger partial charge on any atom is -0.464 e. The van der Waals surface area contributed by atoms with Crippen LogP contribution in [0.15, 0.2) is 12.4 Å². The van der Waals surface area contributed by atoms with E-state index in [1.54, 1.807) is 13.3 Å². The average molecular weight is 213 g/mol.